The molecule has 0 spiro atoms. The van der Waals surface area contributed by atoms with Crippen molar-refractivity contribution < 1.29 is 19.2 Å². The van der Waals surface area contributed by atoms with Crippen molar-refractivity contribution >= 4 is 40.2 Å². The van der Waals surface area contributed by atoms with Gasteiger partial charge in [-0.25, -0.2) is 0 Å². The fourth-order valence-electron chi connectivity index (χ4n) is 4.04. The lowest BCUT2D eigenvalue weighted by Crippen LogP contribution is -2.41. The summed E-state index contributed by atoms with van der Waals surface area (Å²) in [5, 5.41) is 15.8. The molecule has 1 aliphatic heterocycles. The number of nitrogens with zero attached hydrogens (tertiary/aromatic N) is 2. The van der Waals surface area contributed by atoms with Crippen molar-refractivity contribution in [3.63, 3.8) is 0 Å². The molecular weight excluding hydrogens is 466 g/mol. The van der Waals surface area contributed by atoms with E-state index >= 15 is 0 Å². The molecule has 0 aliphatic carbocycles. The van der Waals surface area contributed by atoms with E-state index in [-0.39, 0.29) is 29.2 Å². The second kappa shape index (κ2) is 9.78. The highest BCUT2D eigenvalue weighted by Gasteiger charge is 2.32. The number of halogens is 1. The molecule has 0 radical (unpaired) electrons. The number of carbonyl (C=O) groups excluding carboxylic acids is 1. The lowest BCUT2D eigenvalue weighted by molar-refractivity contribution is -0.384. The van der Waals surface area contributed by atoms with Gasteiger partial charge in [0.1, 0.15) is 0 Å². The van der Waals surface area contributed by atoms with E-state index in [0.29, 0.717) is 23.7 Å². The molecule has 1 atom stereocenters. The molecule has 3 aromatic rings. The summed E-state index contributed by atoms with van der Waals surface area (Å²) in [5.74, 6) is 1.07. The van der Waals surface area contributed by atoms with E-state index in [4.69, 9.17) is 21.1 Å². The van der Waals surface area contributed by atoms with Crippen molar-refractivity contribution in [3.8, 4) is 11.5 Å². The lowest BCUT2D eigenvalue weighted by Gasteiger charge is -2.37. The van der Waals surface area contributed by atoms with Gasteiger partial charge in [0, 0.05) is 23.6 Å². The molecule has 33 heavy (non-hydrogen) atoms. The number of methoxy groups -OCH3 is 2. The van der Waals surface area contributed by atoms with Crippen LogP contribution in [0.15, 0.2) is 47.8 Å². The third kappa shape index (κ3) is 4.80. The summed E-state index contributed by atoms with van der Waals surface area (Å²) in [7, 11) is 3.22. The van der Waals surface area contributed by atoms with Crippen molar-refractivity contribution in [3.05, 3.63) is 79.0 Å². The van der Waals surface area contributed by atoms with Crippen molar-refractivity contribution in [2.24, 2.45) is 0 Å². The Hall–Kier alpha value is -3.14. The summed E-state index contributed by atoms with van der Waals surface area (Å²) in [5.41, 5.74) is 2.43. The smallest absolute Gasteiger partial charge is 0.271 e. The first kappa shape index (κ1) is 23.0. The molecule has 0 saturated heterocycles. The average Bonchev–Trinajstić information content (AvgIpc) is 3.33. The minimum Gasteiger partial charge on any atom is -0.493 e. The van der Waals surface area contributed by atoms with Gasteiger partial charge >= 0.3 is 0 Å². The first-order chi connectivity index (χ1) is 15.9. The van der Waals surface area contributed by atoms with E-state index in [2.05, 4.69) is 16.3 Å². The number of anilines is 1. The number of amides is 1. The van der Waals surface area contributed by atoms with Crippen LogP contribution >= 0.6 is 22.9 Å². The third-order valence-electron chi connectivity index (χ3n) is 5.57. The Morgan fingerprint density at radius 3 is 2.64 bits per heavy atom. The molecule has 10 heteroatoms. The molecule has 1 aliphatic rings. The molecule has 1 aromatic heterocycles. The number of benzene rings is 2. The number of fused-ring (bicyclic) bond motifs is 1. The van der Waals surface area contributed by atoms with Crippen molar-refractivity contribution in [2.45, 2.75) is 12.5 Å². The number of hydrogen-bond acceptors (Lipinski definition) is 7. The van der Waals surface area contributed by atoms with Crippen molar-refractivity contribution in [1.29, 1.82) is 0 Å². The highest BCUT2D eigenvalue weighted by atomic mass is 35.5. The summed E-state index contributed by atoms with van der Waals surface area (Å²) >= 11 is 7.77. The van der Waals surface area contributed by atoms with Gasteiger partial charge in [0.05, 0.1) is 42.4 Å². The Bertz CT molecular complexity index is 1190. The van der Waals surface area contributed by atoms with Crippen molar-refractivity contribution in [1.82, 2.24) is 4.90 Å². The van der Waals surface area contributed by atoms with Crippen LogP contribution in [0.5, 0.6) is 11.5 Å². The molecule has 0 fully saturated rings. The van der Waals surface area contributed by atoms with Gasteiger partial charge in [-0.3, -0.25) is 19.8 Å². The fraction of sp³-hybridized carbons (Fsp3) is 0.261. The van der Waals surface area contributed by atoms with Gasteiger partial charge in [-0.05, 0) is 47.2 Å². The third-order valence-corrected chi connectivity index (χ3v) is 6.81. The van der Waals surface area contributed by atoms with Crippen LogP contribution in [0.2, 0.25) is 5.02 Å². The number of nitro benzene ring substituents is 1. The molecule has 8 nitrogen and oxygen atoms in total. The van der Waals surface area contributed by atoms with Crippen LogP contribution in [0.25, 0.3) is 0 Å². The Morgan fingerprint density at radius 1 is 1.24 bits per heavy atom. The van der Waals surface area contributed by atoms with Crippen LogP contribution in [0.4, 0.5) is 11.4 Å². The van der Waals surface area contributed by atoms with Gasteiger partial charge in [0.15, 0.2) is 11.5 Å². The summed E-state index contributed by atoms with van der Waals surface area (Å²) in [6.07, 6.45) is 0.753. The van der Waals surface area contributed by atoms with Crippen LogP contribution in [0, 0.1) is 10.1 Å². The normalized spacial score (nSPS) is 15.5. The van der Waals surface area contributed by atoms with E-state index in [1.807, 2.05) is 23.6 Å². The van der Waals surface area contributed by atoms with Gasteiger partial charge in [0.2, 0.25) is 5.91 Å². The van der Waals surface area contributed by atoms with Gasteiger partial charge in [-0.2, -0.15) is 0 Å². The van der Waals surface area contributed by atoms with E-state index < -0.39 is 4.92 Å². The van der Waals surface area contributed by atoms with Gasteiger partial charge in [-0.15, -0.1) is 11.3 Å². The van der Waals surface area contributed by atoms with Gasteiger partial charge < -0.3 is 14.8 Å². The molecule has 0 saturated carbocycles. The molecule has 1 unspecified atom stereocenters. The fourth-order valence-corrected chi connectivity index (χ4v) is 5.14. The molecule has 4 rings (SSSR count). The van der Waals surface area contributed by atoms with E-state index in [9.17, 15) is 14.9 Å². The molecule has 2 aromatic carbocycles. The van der Waals surface area contributed by atoms with E-state index in [0.717, 1.165) is 22.4 Å². The quantitative estimate of drug-likeness (QED) is 0.376. The Balaban J connectivity index is 1.60. The summed E-state index contributed by atoms with van der Waals surface area (Å²) in [6.45, 7) is 0.802. The Labute approximate surface area is 199 Å². The minimum atomic E-state index is -0.530. The zero-order valence-corrected chi connectivity index (χ0v) is 19.6. The summed E-state index contributed by atoms with van der Waals surface area (Å²) in [6, 6.07) is 11.9. The zero-order chi connectivity index (χ0) is 23.5. The number of non-ortho nitro benzene ring substituents is 1. The Morgan fingerprint density at radius 2 is 2.00 bits per heavy atom. The van der Waals surface area contributed by atoms with E-state index in [1.165, 1.54) is 18.2 Å². The number of nitro groups is 1. The Kier molecular flexibility index (Phi) is 6.83. The van der Waals surface area contributed by atoms with Crippen LogP contribution in [0.3, 0.4) is 0 Å². The number of nitrogens with one attached hydrogen (secondary N) is 1. The van der Waals surface area contributed by atoms with Gasteiger partial charge in [0.25, 0.3) is 5.69 Å². The number of hydrogen-bond donors (Lipinski definition) is 1. The molecule has 172 valence electrons. The zero-order valence-electron chi connectivity index (χ0n) is 18.0. The van der Waals surface area contributed by atoms with E-state index in [1.54, 1.807) is 25.6 Å². The first-order valence-electron chi connectivity index (χ1n) is 10.2. The highest BCUT2D eigenvalue weighted by Crippen LogP contribution is 2.42. The maximum absolute atomic E-state index is 12.9. The topological polar surface area (TPSA) is 93.9 Å². The first-order valence-corrected chi connectivity index (χ1v) is 11.4. The predicted octanol–water partition coefficient (Wildman–Crippen LogP) is 4.91. The number of carbonyl (C=O) groups is 1. The minimum absolute atomic E-state index is 0.119. The van der Waals surface area contributed by atoms with Crippen LogP contribution in [-0.2, 0) is 11.2 Å². The van der Waals surface area contributed by atoms with Crippen LogP contribution in [-0.4, -0.2) is 43.0 Å². The van der Waals surface area contributed by atoms with Gasteiger partial charge in [-0.1, -0.05) is 17.7 Å². The molecule has 1 N–H and O–H groups in total. The average molecular weight is 488 g/mol. The molecular formula is C23H22ClN3O5S. The standard InChI is InChI=1S/C23H22ClN3O5S/c1-31-19-10-14-7-8-26(23(21-4-3-9-33-21)16(14)12-20(19)32-2)13-22(28)25-18-6-5-15(27(29)30)11-17(18)24/h3-6,9-12,23H,7-8,13H2,1-2H3,(H,25,28). The number of ether oxygens (including phenoxy) is 2. The maximum Gasteiger partial charge on any atom is 0.271 e. The summed E-state index contributed by atoms with van der Waals surface area (Å²) in [4.78, 5) is 26.5. The second-order valence-electron chi connectivity index (χ2n) is 7.51. The van der Waals surface area contributed by atoms with Crippen LogP contribution < -0.4 is 14.8 Å². The monoisotopic (exact) mass is 487 g/mol. The number of rotatable bonds is 7. The highest BCUT2D eigenvalue weighted by molar-refractivity contribution is 7.10. The van der Waals surface area contributed by atoms with Crippen molar-refractivity contribution in [2.75, 3.05) is 32.6 Å². The molecule has 1 amide bonds. The largest absolute Gasteiger partial charge is 0.493 e. The second-order valence-corrected chi connectivity index (χ2v) is 8.90. The van der Waals surface area contributed by atoms with Crippen LogP contribution in [0.1, 0.15) is 22.0 Å². The molecule has 0 bridgehead atoms. The predicted molar refractivity (Wildman–Crippen MR) is 128 cm³/mol. The molecule has 2 heterocycles. The maximum atomic E-state index is 12.9. The SMILES string of the molecule is COc1cc2c(cc1OC)C(c1cccs1)N(CC(=O)Nc1ccc([N+](=O)[O-])cc1Cl)CC2. The summed E-state index contributed by atoms with van der Waals surface area (Å²) < 4.78 is 11.0. The number of thiophene rings is 1. The lowest BCUT2D eigenvalue weighted by atomic mass is 9.91.